The van der Waals surface area contributed by atoms with Crippen molar-refractivity contribution in [1.29, 1.82) is 0 Å². The summed E-state index contributed by atoms with van der Waals surface area (Å²) < 4.78 is 82.8. The van der Waals surface area contributed by atoms with E-state index < -0.39 is 0 Å². The van der Waals surface area contributed by atoms with E-state index in [1.807, 2.05) is 60.8 Å². The van der Waals surface area contributed by atoms with E-state index in [0.29, 0.717) is 125 Å². The second-order valence-electron chi connectivity index (χ2n) is 16.5. The molecule has 0 aliphatic heterocycles. The van der Waals surface area contributed by atoms with Gasteiger partial charge in [0, 0.05) is 0 Å². The Hall–Kier alpha value is -2.60. The summed E-state index contributed by atoms with van der Waals surface area (Å²) in [5.74, 6) is 0. The maximum atomic E-state index is 8.28. The van der Waals surface area contributed by atoms with Crippen molar-refractivity contribution >= 4 is 0 Å². The fourth-order valence-corrected chi connectivity index (χ4v) is 6.99. The van der Waals surface area contributed by atoms with Crippen LogP contribution in [0.3, 0.4) is 0 Å². The van der Waals surface area contributed by atoms with Gasteiger partial charge in [-0.25, -0.2) is 0 Å². The van der Waals surface area contributed by atoms with E-state index in [-0.39, 0.29) is 0 Å². The average Bonchev–Trinajstić information content (AvgIpc) is 3.34. The first-order valence-corrected chi connectivity index (χ1v) is 25.5. The van der Waals surface area contributed by atoms with E-state index >= 15 is 0 Å². The van der Waals surface area contributed by atoms with Crippen molar-refractivity contribution in [1.82, 2.24) is 0 Å². The highest BCUT2D eigenvalue weighted by Gasteiger charge is 1.93. The van der Waals surface area contributed by atoms with Gasteiger partial charge in [0.2, 0.25) is 0 Å². The Bertz CT molecular complexity index is 1240. The molecule has 0 bridgehead atoms. The zero-order valence-corrected chi connectivity index (χ0v) is 39.1. The van der Waals surface area contributed by atoms with Crippen LogP contribution in [0.5, 0.6) is 0 Å². The van der Waals surface area contributed by atoms with Gasteiger partial charge in [0.1, 0.15) is 0 Å². The molecule has 0 saturated heterocycles. The third kappa shape index (κ3) is 49.8. The van der Waals surface area contributed by atoms with Crippen LogP contribution < -0.4 is 0 Å². The van der Waals surface area contributed by atoms with Crippen molar-refractivity contribution in [2.75, 3.05) is 0 Å². The Balaban J connectivity index is 2.51. The topological polar surface area (TPSA) is 0 Å². The average molecular weight is 832 g/mol. The fraction of sp³-hybridized carbons (Fsp3) is 0.667. The molecule has 1 aliphatic carbocycles. The molecule has 0 radical (unpaired) electrons. The zero-order chi connectivity index (χ0) is 51.1. The van der Waals surface area contributed by atoms with Crippen LogP contribution in [-0.2, 0) is 0 Å². The van der Waals surface area contributed by atoms with Crippen LogP contribution in [0, 0.1) is 0 Å². The van der Waals surface area contributed by atoms with Gasteiger partial charge in [0.15, 0.2) is 0 Å². The molecular weight excluding hydrogens is 721 g/mol. The summed E-state index contributed by atoms with van der Waals surface area (Å²) in [5.41, 5.74) is 0. The molecule has 0 spiro atoms. The lowest BCUT2D eigenvalue weighted by Gasteiger charge is -1.98. The molecule has 0 N–H and O–H groups in total. The van der Waals surface area contributed by atoms with Crippen LogP contribution in [0.25, 0.3) is 0 Å². The van der Waals surface area contributed by atoms with Crippen molar-refractivity contribution in [2.24, 2.45) is 0 Å². The maximum absolute atomic E-state index is 8.28. The van der Waals surface area contributed by atoms with Crippen molar-refractivity contribution in [3.8, 4) is 0 Å². The molecule has 1 rings (SSSR count). The smallest absolute Gasteiger partial charge is 0.0573 e. The van der Waals surface area contributed by atoms with Crippen molar-refractivity contribution in [3.63, 3.8) is 0 Å². The predicted octanol–water partition coefficient (Wildman–Crippen LogP) is 21.2. The van der Waals surface area contributed by atoms with Crippen LogP contribution >= 0.6 is 0 Å². The molecule has 60 heavy (non-hydrogen) atoms. The van der Waals surface area contributed by atoms with Gasteiger partial charge in [0.05, 0.1) is 13.7 Å². The summed E-state index contributed by atoms with van der Waals surface area (Å²) in [6.45, 7) is 0. The largest absolute Gasteiger partial charge is 0.0885 e. The molecule has 340 valence electrons. The Morgan fingerprint density at radius 3 is 0.333 bits per heavy atom. The maximum Gasteiger partial charge on any atom is 0.0573 e. The predicted molar refractivity (Wildman–Crippen MR) is 276 cm³/mol. The zero-order valence-electron chi connectivity index (χ0n) is 49.1. The SMILES string of the molecule is [2H]C1=CCCCCCCC=C([2H])CCC([2H])=CCCCCCCC=C([2H])CCC([2H])=CCCCCCCC=C([2H])CCC([2H])=CCCCCCCC=C([2H])CCC([2H])=CCCCCCCC=C([2H])CC1. The van der Waals surface area contributed by atoms with Crippen molar-refractivity contribution < 1.29 is 13.7 Å². The van der Waals surface area contributed by atoms with E-state index in [4.69, 9.17) is 13.7 Å². The normalized spacial score (nSPS) is 25.3. The second kappa shape index (κ2) is 52.5. The Morgan fingerprint density at radius 1 is 0.133 bits per heavy atom. The molecule has 0 unspecified atom stereocenters. The highest BCUT2D eigenvalue weighted by atomic mass is 14.0. The van der Waals surface area contributed by atoms with E-state index in [1.165, 1.54) is 0 Å². The lowest BCUT2D eigenvalue weighted by Crippen LogP contribution is -1.78. The van der Waals surface area contributed by atoms with Gasteiger partial charge in [0.25, 0.3) is 0 Å². The summed E-state index contributed by atoms with van der Waals surface area (Å²) in [4.78, 5) is 0. The van der Waals surface area contributed by atoms with Crippen LogP contribution in [-0.4, -0.2) is 0 Å². The highest BCUT2D eigenvalue weighted by molar-refractivity contribution is 4.92. The lowest BCUT2D eigenvalue weighted by atomic mass is 10.1. The summed E-state index contributed by atoms with van der Waals surface area (Å²) in [6, 6.07) is 6.33. The molecule has 0 nitrogen and oxygen atoms in total. The minimum atomic E-state index is 0.628. The van der Waals surface area contributed by atoms with Crippen LogP contribution in [0.1, 0.15) is 271 Å². The van der Waals surface area contributed by atoms with Gasteiger partial charge < -0.3 is 0 Å². The van der Waals surface area contributed by atoms with Gasteiger partial charge in [-0.15, -0.1) is 0 Å². The molecule has 0 amide bonds. The summed E-state index contributed by atoms with van der Waals surface area (Å²) in [6.07, 6.45) is 57.5. The molecule has 0 aromatic rings. The fourth-order valence-electron chi connectivity index (χ4n) is 6.99. The number of hydrogen-bond acceptors (Lipinski definition) is 0. The van der Waals surface area contributed by atoms with E-state index in [0.717, 1.165) is 193 Å². The van der Waals surface area contributed by atoms with Gasteiger partial charge in [-0.3, -0.25) is 0 Å². The molecule has 0 fully saturated rings. The molecule has 1 aliphatic rings. The van der Waals surface area contributed by atoms with Crippen LogP contribution in [0.4, 0.5) is 0 Å². The molecule has 0 aromatic carbocycles. The van der Waals surface area contributed by atoms with Crippen molar-refractivity contribution in [2.45, 2.75) is 257 Å². The monoisotopic (exact) mass is 831 g/mol. The van der Waals surface area contributed by atoms with Crippen molar-refractivity contribution in [3.05, 3.63) is 121 Å². The third-order valence-corrected chi connectivity index (χ3v) is 10.7. The van der Waals surface area contributed by atoms with E-state index in [2.05, 4.69) is 0 Å². The molecule has 0 heteroatoms. The van der Waals surface area contributed by atoms with Crippen LogP contribution in [0.2, 0.25) is 0 Å². The molecular formula is C60H100. The lowest BCUT2D eigenvalue weighted by molar-refractivity contribution is 0.650. The first kappa shape index (κ1) is 40.2. The number of hydrogen-bond donors (Lipinski definition) is 0. The molecule has 0 aromatic heterocycles. The first-order chi connectivity index (χ1) is 33.9. The minimum absolute atomic E-state index is 0.628. The summed E-state index contributed by atoms with van der Waals surface area (Å²) >= 11 is 0. The highest BCUT2D eigenvalue weighted by Crippen LogP contribution is 2.13. The first-order valence-electron chi connectivity index (χ1n) is 30.5. The quantitative estimate of drug-likeness (QED) is 0.213. The molecule has 0 atom stereocenters. The Kier molecular flexibility index (Phi) is 35.2. The summed E-state index contributed by atoms with van der Waals surface area (Å²) in [7, 11) is 0. The number of rotatable bonds is 0. The number of allylic oxidation sites excluding steroid dienone is 20. The minimum Gasteiger partial charge on any atom is -0.0885 e. The van der Waals surface area contributed by atoms with Gasteiger partial charge in [-0.1, -0.05) is 185 Å². The Morgan fingerprint density at radius 2 is 0.233 bits per heavy atom. The van der Waals surface area contributed by atoms with E-state index in [1.54, 1.807) is 0 Å². The van der Waals surface area contributed by atoms with E-state index in [9.17, 15) is 0 Å². The third-order valence-electron chi connectivity index (χ3n) is 10.7. The second-order valence-corrected chi connectivity index (χ2v) is 16.5. The van der Waals surface area contributed by atoms with Gasteiger partial charge in [-0.05, 0) is 193 Å². The molecule has 0 saturated carbocycles. The summed E-state index contributed by atoms with van der Waals surface area (Å²) in [5, 5.41) is 0. The van der Waals surface area contributed by atoms with Gasteiger partial charge >= 0.3 is 0 Å². The standard InChI is InChI=1S/C60H100/c1-2-4-6-8-10-12-14-16-18-20-22-24-26-28-30-32-34-36-38-40-42-44-46-48-50-52-54-56-58-60-59-57-55-53-51-49-47-45-43-41-39-37-35-33-31-29-27-25-23-21-19-17-15-13-11-9-7-5-3-1/h1-2,7,9,16,18,23-26,31,33,40,42,47-50,55,57H,3-6,8,10-15,17,19-22,27-30,32,34-39,41,43-46,51-54,56,58-60H2/i1D,7D,18D,24D,25D,31D,42D,48D,49D,55D. The van der Waals surface area contributed by atoms with Gasteiger partial charge in [-0.2, -0.15) is 0 Å². The molecule has 0 heterocycles. The van der Waals surface area contributed by atoms with Crippen LogP contribution in [0.15, 0.2) is 121 Å². The Labute approximate surface area is 390 Å².